The van der Waals surface area contributed by atoms with E-state index >= 15 is 0 Å². The van der Waals surface area contributed by atoms with Crippen molar-refractivity contribution in [2.75, 3.05) is 0 Å². The van der Waals surface area contributed by atoms with Gasteiger partial charge in [0.25, 0.3) is 0 Å². The lowest BCUT2D eigenvalue weighted by Gasteiger charge is -2.29. The molecule has 2 heterocycles. The van der Waals surface area contributed by atoms with Gasteiger partial charge in [-0.2, -0.15) is 13.6 Å². The Morgan fingerprint density at radius 1 is 1.10 bits per heavy atom. The highest BCUT2D eigenvalue weighted by Gasteiger charge is 2.86. The molecule has 0 spiro atoms. The molecule has 0 aromatic carbocycles. The van der Waals surface area contributed by atoms with Crippen molar-refractivity contribution >= 4 is 33.7 Å². The minimum Gasteiger partial charge on any atom is -0.280 e. The molecule has 1 atom stereocenters. The molecule has 0 aliphatic carbocycles. The lowest BCUT2D eigenvalue weighted by atomic mass is 10.2. The fraction of sp³-hybridized carbons (Fsp3) is 0.500. The monoisotopic (exact) mass is 309 g/mol. The molecule has 2 aliphatic rings. The standard InChI is InChI=1S/C8H8N2O9S/c11-4-3-8(20(17,18)19,7(14)9(4)15)10(16)5(12)1-2-6(10)13/h15-16H,1-3H2/q+1/p+1. The van der Waals surface area contributed by atoms with Gasteiger partial charge in [-0.1, -0.05) is 0 Å². The van der Waals surface area contributed by atoms with E-state index in [9.17, 15) is 37.4 Å². The smallest absolute Gasteiger partial charge is 0.280 e. The van der Waals surface area contributed by atoms with Crippen molar-refractivity contribution in [3.05, 3.63) is 0 Å². The van der Waals surface area contributed by atoms with E-state index < -0.39 is 67.6 Å². The summed E-state index contributed by atoms with van der Waals surface area (Å²) >= 11 is 0. The van der Waals surface area contributed by atoms with E-state index in [1.165, 1.54) is 0 Å². The van der Waals surface area contributed by atoms with Gasteiger partial charge in [0, 0.05) is 0 Å². The van der Waals surface area contributed by atoms with Gasteiger partial charge in [0.2, 0.25) is 0 Å². The second-order valence-corrected chi connectivity index (χ2v) is 6.00. The summed E-state index contributed by atoms with van der Waals surface area (Å²) in [5, 5.41) is 18.6. The van der Waals surface area contributed by atoms with Gasteiger partial charge in [0.05, 0.1) is 12.8 Å². The van der Waals surface area contributed by atoms with Crippen LogP contribution < -0.4 is 5.06 Å². The molecular formula is C8H9N2O9S+2. The van der Waals surface area contributed by atoms with Crippen LogP contribution in [0.1, 0.15) is 19.3 Å². The third-order valence-corrected chi connectivity index (χ3v) is 4.81. The predicted octanol–water partition coefficient (Wildman–Crippen LogP) is -2.39. The summed E-state index contributed by atoms with van der Waals surface area (Å²) in [5.74, 6) is -6.18. The molecule has 0 aromatic rings. The molecule has 109 valence electrons. The number of rotatable bonds is 2. The van der Waals surface area contributed by atoms with Crippen LogP contribution in [0.3, 0.4) is 0 Å². The van der Waals surface area contributed by atoms with Gasteiger partial charge in [0.15, 0.2) is 6.42 Å². The van der Waals surface area contributed by atoms with Gasteiger partial charge in [-0.25, -0.2) is 19.2 Å². The Morgan fingerprint density at radius 2 is 1.55 bits per heavy atom. The molecule has 0 aromatic heterocycles. The highest BCUT2D eigenvalue weighted by atomic mass is 32.2. The maximum absolute atomic E-state index is 11.8. The fourth-order valence-corrected chi connectivity index (χ4v) is 3.49. The Balaban J connectivity index is 2.81. The maximum atomic E-state index is 11.8. The SMILES string of the molecule is O=C1CC([N+]2(O)C(=O)CCC2=O)(S(=O)(=O)O)C(=O)[N+]1O. The van der Waals surface area contributed by atoms with E-state index in [4.69, 9.17) is 5.21 Å². The van der Waals surface area contributed by atoms with E-state index in [0.29, 0.717) is 0 Å². The number of carbonyl (C=O) groups is 4. The number of hydrogen-bond acceptors (Lipinski definition) is 8. The van der Waals surface area contributed by atoms with Crippen molar-refractivity contribution in [3.8, 4) is 0 Å². The first kappa shape index (κ1) is 14.8. The highest BCUT2D eigenvalue weighted by molar-refractivity contribution is 7.88. The van der Waals surface area contributed by atoms with E-state index in [1.807, 2.05) is 0 Å². The maximum Gasteiger partial charge on any atom is 0.490 e. The van der Waals surface area contributed by atoms with Crippen LogP contribution in [-0.2, 0) is 29.3 Å². The molecule has 2 aliphatic heterocycles. The van der Waals surface area contributed by atoms with Gasteiger partial charge in [0.1, 0.15) is 5.06 Å². The van der Waals surface area contributed by atoms with Crippen molar-refractivity contribution in [2.45, 2.75) is 24.1 Å². The highest BCUT2D eigenvalue weighted by Crippen LogP contribution is 2.42. The molecule has 0 bridgehead atoms. The van der Waals surface area contributed by atoms with Crippen LogP contribution in [0.25, 0.3) is 0 Å². The summed E-state index contributed by atoms with van der Waals surface area (Å²) in [7, 11) is -5.58. The lowest BCUT2D eigenvalue weighted by Crippen LogP contribution is -2.72. The van der Waals surface area contributed by atoms with Crippen molar-refractivity contribution < 1.29 is 47.2 Å². The van der Waals surface area contributed by atoms with E-state index in [1.54, 1.807) is 0 Å². The van der Waals surface area contributed by atoms with E-state index in [-0.39, 0.29) is 0 Å². The first-order chi connectivity index (χ1) is 9.00. The summed E-state index contributed by atoms with van der Waals surface area (Å²) in [6.45, 7) is 0. The molecule has 2 saturated heterocycles. The number of hydrogen-bond donors (Lipinski definition) is 3. The minimum atomic E-state index is -5.58. The van der Waals surface area contributed by atoms with Crippen LogP contribution in [0, 0.1) is 0 Å². The third kappa shape index (κ3) is 1.42. The van der Waals surface area contributed by atoms with Crippen LogP contribution in [0.15, 0.2) is 0 Å². The Bertz CT molecular complexity index is 637. The molecule has 2 fully saturated rings. The largest absolute Gasteiger partial charge is 0.490 e. The zero-order chi connectivity index (χ0) is 15.5. The molecular weight excluding hydrogens is 300 g/mol. The van der Waals surface area contributed by atoms with Crippen LogP contribution in [0.2, 0.25) is 0 Å². The molecule has 0 saturated carbocycles. The number of hydroxylamine groups is 5. The second-order valence-electron chi connectivity index (χ2n) is 4.37. The average Bonchev–Trinajstić information content (AvgIpc) is 2.73. The molecule has 20 heavy (non-hydrogen) atoms. The van der Waals surface area contributed by atoms with Crippen molar-refractivity contribution in [2.24, 2.45) is 0 Å². The number of carbonyl (C=O) groups excluding carboxylic acids is 4. The van der Waals surface area contributed by atoms with E-state index in [2.05, 4.69) is 0 Å². The fourth-order valence-electron chi connectivity index (χ4n) is 2.33. The van der Waals surface area contributed by atoms with Gasteiger partial charge in [-0.3, -0.25) is 4.55 Å². The zero-order valence-electron chi connectivity index (χ0n) is 9.72. The molecule has 11 nitrogen and oxygen atoms in total. The molecule has 1 unspecified atom stereocenters. The summed E-state index contributed by atoms with van der Waals surface area (Å²) in [4.78, 5) is 42.9. The van der Waals surface area contributed by atoms with E-state index in [0.717, 1.165) is 0 Å². The quantitative estimate of drug-likeness (QED) is 0.165. The normalized spacial score (nSPS) is 31.4. The molecule has 1 radical (unpaired) electrons. The van der Waals surface area contributed by atoms with Crippen molar-refractivity contribution in [1.29, 1.82) is 0 Å². The van der Waals surface area contributed by atoms with Gasteiger partial charge in [-0.15, -0.1) is 5.21 Å². The summed E-state index contributed by atoms with van der Waals surface area (Å²) in [6.07, 6.45) is -2.58. The van der Waals surface area contributed by atoms with Crippen LogP contribution in [0.5, 0.6) is 0 Å². The predicted molar refractivity (Wildman–Crippen MR) is 54.1 cm³/mol. The molecule has 4 amide bonds. The van der Waals surface area contributed by atoms with Gasteiger partial charge < -0.3 is 0 Å². The average molecular weight is 309 g/mol. The first-order valence-corrected chi connectivity index (χ1v) is 6.66. The summed E-state index contributed by atoms with van der Waals surface area (Å²) in [5.41, 5.74) is 0. The van der Waals surface area contributed by atoms with Gasteiger partial charge in [-0.05, 0) is 4.65 Å². The van der Waals surface area contributed by atoms with Crippen molar-refractivity contribution in [1.82, 2.24) is 5.06 Å². The number of imide groups is 2. The Morgan fingerprint density at radius 3 is 1.85 bits per heavy atom. The number of amides is 4. The minimum absolute atomic E-state index is 0.570. The lowest BCUT2D eigenvalue weighted by molar-refractivity contribution is -0.992. The first-order valence-electron chi connectivity index (χ1n) is 5.22. The number of nitrogens with zero attached hydrogens (tertiary/aromatic N) is 2. The topological polar surface area (TPSA) is 169 Å². The Hall–Kier alpha value is -1.57. The Kier molecular flexibility index (Phi) is 2.94. The van der Waals surface area contributed by atoms with Crippen LogP contribution in [-0.4, -0.2) is 56.5 Å². The molecule has 2 rings (SSSR count). The Labute approximate surface area is 111 Å². The third-order valence-electron chi connectivity index (χ3n) is 3.38. The van der Waals surface area contributed by atoms with Crippen molar-refractivity contribution in [3.63, 3.8) is 0 Å². The number of likely N-dealkylation sites (tertiary alicyclic amines) is 1. The van der Waals surface area contributed by atoms with Gasteiger partial charge >= 0.3 is 38.6 Å². The molecule has 12 heteroatoms. The van der Waals surface area contributed by atoms with Crippen LogP contribution in [0.4, 0.5) is 0 Å². The summed E-state index contributed by atoms with van der Waals surface area (Å²) in [6, 6.07) is 0. The molecule has 3 N–H and O–H groups in total. The summed E-state index contributed by atoms with van der Waals surface area (Å²) < 4.78 is 29.7. The second kappa shape index (κ2) is 3.97. The number of quaternary nitrogens is 1. The zero-order valence-corrected chi connectivity index (χ0v) is 10.5. The van der Waals surface area contributed by atoms with Crippen LogP contribution >= 0.6 is 0 Å².